The largest absolute Gasteiger partial charge is 0.376 e. The average Bonchev–Trinajstić information content (AvgIpc) is 3.44. The summed E-state index contributed by atoms with van der Waals surface area (Å²) in [5.74, 6) is 0.580. The number of ether oxygens (including phenoxy) is 1. The van der Waals surface area contributed by atoms with Gasteiger partial charge < -0.3 is 9.64 Å². The molecule has 2 aromatic rings. The number of rotatable bonds is 7. The van der Waals surface area contributed by atoms with Crippen molar-refractivity contribution in [3.8, 4) is 0 Å². The second-order valence-corrected chi connectivity index (χ2v) is 8.46. The molecule has 0 spiro atoms. The Morgan fingerprint density at radius 3 is 2.72 bits per heavy atom. The summed E-state index contributed by atoms with van der Waals surface area (Å²) >= 11 is 0. The molecule has 3 heterocycles. The zero-order valence-electron chi connectivity index (χ0n) is 17.3. The lowest BCUT2D eigenvalue weighted by Crippen LogP contribution is -2.43. The van der Waals surface area contributed by atoms with Crippen LogP contribution in [0.5, 0.6) is 0 Å². The minimum absolute atomic E-state index is 0.0420. The molecule has 1 aromatic heterocycles. The number of likely N-dealkylation sites (tertiary alicyclic amines) is 1. The molecule has 4 rings (SSSR count). The molecule has 156 valence electrons. The third-order valence-electron chi connectivity index (χ3n) is 6.31. The van der Waals surface area contributed by atoms with Crippen LogP contribution in [-0.2, 0) is 11.3 Å². The van der Waals surface area contributed by atoms with Gasteiger partial charge in [0.1, 0.15) is 5.69 Å². The molecule has 1 amide bonds. The molecule has 0 bridgehead atoms. The summed E-state index contributed by atoms with van der Waals surface area (Å²) in [6.07, 6.45) is 6.20. The number of hydrogen-bond acceptors (Lipinski definition) is 4. The first-order valence-corrected chi connectivity index (χ1v) is 10.9. The van der Waals surface area contributed by atoms with E-state index in [0.29, 0.717) is 18.2 Å². The van der Waals surface area contributed by atoms with Crippen LogP contribution >= 0.6 is 0 Å². The number of aromatic amines is 1. The second-order valence-electron chi connectivity index (χ2n) is 8.46. The number of aromatic nitrogens is 2. The molecular weight excluding hydrogens is 364 g/mol. The lowest BCUT2D eigenvalue weighted by molar-refractivity contribution is 0.0440. The Morgan fingerprint density at radius 2 is 2.03 bits per heavy atom. The van der Waals surface area contributed by atoms with E-state index in [0.717, 1.165) is 58.5 Å². The maximum absolute atomic E-state index is 13.0. The van der Waals surface area contributed by atoms with E-state index in [1.165, 1.54) is 11.1 Å². The molecule has 6 heteroatoms. The van der Waals surface area contributed by atoms with Crippen LogP contribution in [-0.4, -0.2) is 64.8 Å². The van der Waals surface area contributed by atoms with Gasteiger partial charge in [-0.05, 0) is 68.8 Å². The Morgan fingerprint density at radius 1 is 1.21 bits per heavy atom. The van der Waals surface area contributed by atoms with Gasteiger partial charge in [-0.3, -0.25) is 14.8 Å². The summed E-state index contributed by atoms with van der Waals surface area (Å²) in [5, 5.41) is 6.78. The fraction of sp³-hybridized carbons (Fsp3) is 0.565. The zero-order chi connectivity index (χ0) is 20.1. The third kappa shape index (κ3) is 5.25. The summed E-state index contributed by atoms with van der Waals surface area (Å²) in [7, 11) is 0. The number of H-pyrrole nitrogens is 1. The molecular formula is C23H32N4O2. The molecule has 0 aliphatic carbocycles. The normalized spacial score (nSPS) is 20.8. The molecule has 1 N–H and O–H groups in total. The van der Waals surface area contributed by atoms with E-state index in [9.17, 15) is 4.79 Å². The van der Waals surface area contributed by atoms with Gasteiger partial charge in [-0.15, -0.1) is 0 Å². The van der Waals surface area contributed by atoms with Crippen molar-refractivity contribution in [1.82, 2.24) is 20.0 Å². The first-order chi connectivity index (χ1) is 14.2. The average molecular weight is 397 g/mol. The van der Waals surface area contributed by atoms with Gasteiger partial charge in [0.25, 0.3) is 5.91 Å². The molecule has 2 saturated heterocycles. The Balaban J connectivity index is 1.33. The summed E-state index contributed by atoms with van der Waals surface area (Å²) in [5.41, 5.74) is 3.35. The van der Waals surface area contributed by atoms with Gasteiger partial charge in [0.15, 0.2) is 0 Å². The second kappa shape index (κ2) is 9.55. The predicted octanol–water partition coefficient (Wildman–Crippen LogP) is 3.25. The number of nitrogens with one attached hydrogen (secondary N) is 1. The lowest BCUT2D eigenvalue weighted by Gasteiger charge is -2.35. The Kier molecular flexibility index (Phi) is 6.62. The van der Waals surface area contributed by atoms with Crippen molar-refractivity contribution in [2.24, 2.45) is 5.92 Å². The SMILES string of the molecule is Cc1ccccc1CN1CCC(CN(CC2CCCO2)C(=O)c2ccn[nH]2)CC1. The van der Waals surface area contributed by atoms with Crippen LogP contribution in [0.1, 0.15) is 47.3 Å². The van der Waals surface area contributed by atoms with Crippen molar-refractivity contribution in [2.45, 2.75) is 45.3 Å². The van der Waals surface area contributed by atoms with E-state index < -0.39 is 0 Å². The van der Waals surface area contributed by atoms with E-state index in [4.69, 9.17) is 4.74 Å². The molecule has 2 fully saturated rings. The standard InChI is InChI=1S/C23H32N4O2/c1-18-5-2-3-6-20(18)16-26-12-9-19(10-13-26)15-27(17-21-7-4-14-29-21)23(28)22-8-11-24-25-22/h2-3,5-6,8,11,19,21H,4,7,9-10,12-17H2,1H3,(H,24,25). The zero-order valence-corrected chi connectivity index (χ0v) is 17.3. The summed E-state index contributed by atoms with van der Waals surface area (Å²) in [4.78, 5) is 17.5. The van der Waals surface area contributed by atoms with Gasteiger partial charge in [-0.25, -0.2) is 0 Å². The first kappa shape index (κ1) is 20.1. The monoisotopic (exact) mass is 396 g/mol. The highest BCUT2D eigenvalue weighted by atomic mass is 16.5. The third-order valence-corrected chi connectivity index (χ3v) is 6.31. The summed E-state index contributed by atoms with van der Waals surface area (Å²) < 4.78 is 5.81. The molecule has 1 unspecified atom stereocenters. The number of aryl methyl sites for hydroxylation is 1. The van der Waals surface area contributed by atoms with Gasteiger partial charge in [0.2, 0.25) is 0 Å². The van der Waals surface area contributed by atoms with Crippen molar-refractivity contribution in [2.75, 3.05) is 32.8 Å². The van der Waals surface area contributed by atoms with Crippen molar-refractivity contribution in [1.29, 1.82) is 0 Å². The molecule has 0 saturated carbocycles. The van der Waals surface area contributed by atoms with Crippen LogP contribution in [0.15, 0.2) is 36.5 Å². The van der Waals surface area contributed by atoms with Crippen LogP contribution < -0.4 is 0 Å². The van der Waals surface area contributed by atoms with Crippen molar-refractivity contribution in [3.63, 3.8) is 0 Å². The Bertz CT molecular complexity index is 778. The van der Waals surface area contributed by atoms with Gasteiger partial charge in [0.05, 0.1) is 6.10 Å². The van der Waals surface area contributed by atoms with Crippen LogP contribution in [0.3, 0.4) is 0 Å². The fourth-order valence-electron chi connectivity index (χ4n) is 4.49. The van der Waals surface area contributed by atoms with Crippen molar-refractivity contribution in [3.05, 3.63) is 53.3 Å². The molecule has 1 aromatic carbocycles. The van der Waals surface area contributed by atoms with Crippen LogP contribution in [0.2, 0.25) is 0 Å². The molecule has 29 heavy (non-hydrogen) atoms. The lowest BCUT2D eigenvalue weighted by atomic mass is 9.95. The van der Waals surface area contributed by atoms with E-state index in [1.807, 2.05) is 4.90 Å². The fourth-order valence-corrected chi connectivity index (χ4v) is 4.49. The van der Waals surface area contributed by atoms with E-state index >= 15 is 0 Å². The summed E-state index contributed by atoms with van der Waals surface area (Å²) in [6.45, 7) is 7.68. The minimum atomic E-state index is 0.0420. The molecule has 2 aliphatic heterocycles. The smallest absolute Gasteiger partial charge is 0.271 e. The number of piperidine rings is 1. The molecule has 0 radical (unpaired) electrons. The highest BCUT2D eigenvalue weighted by Crippen LogP contribution is 2.23. The van der Waals surface area contributed by atoms with Crippen LogP contribution in [0.4, 0.5) is 0 Å². The molecule has 1 atom stereocenters. The number of amides is 1. The number of nitrogens with zero attached hydrogens (tertiary/aromatic N) is 3. The van der Waals surface area contributed by atoms with Crippen LogP contribution in [0, 0.1) is 12.8 Å². The van der Waals surface area contributed by atoms with E-state index in [1.54, 1.807) is 12.3 Å². The maximum Gasteiger partial charge on any atom is 0.271 e. The highest BCUT2D eigenvalue weighted by Gasteiger charge is 2.28. The van der Waals surface area contributed by atoms with Crippen molar-refractivity contribution >= 4 is 5.91 Å². The minimum Gasteiger partial charge on any atom is -0.376 e. The van der Waals surface area contributed by atoms with Gasteiger partial charge in [-0.1, -0.05) is 24.3 Å². The molecule has 6 nitrogen and oxygen atoms in total. The number of carbonyl (C=O) groups excluding carboxylic acids is 1. The number of benzene rings is 1. The summed E-state index contributed by atoms with van der Waals surface area (Å²) in [6, 6.07) is 10.4. The first-order valence-electron chi connectivity index (χ1n) is 10.9. The quantitative estimate of drug-likeness (QED) is 0.780. The van der Waals surface area contributed by atoms with Crippen molar-refractivity contribution < 1.29 is 9.53 Å². The van der Waals surface area contributed by atoms with E-state index in [2.05, 4.69) is 46.3 Å². The number of carbonyl (C=O) groups is 1. The van der Waals surface area contributed by atoms with Gasteiger partial charge in [-0.2, -0.15) is 5.10 Å². The predicted molar refractivity (Wildman–Crippen MR) is 113 cm³/mol. The van der Waals surface area contributed by atoms with Crippen LogP contribution in [0.25, 0.3) is 0 Å². The highest BCUT2D eigenvalue weighted by molar-refractivity contribution is 5.92. The molecule has 2 aliphatic rings. The van der Waals surface area contributed by atoms with E-state index in [-0.39, 0.29) is 12.0 Å². The number of hydrogen-bond donors (Lipinski definition) is 1. The maximum atomic E-state index is 13.0. The Hall–Kier alpha value is -2.18. The van der Waals surface area contributed by atoms with Gasteiger partial charge in [0, 0.05) is 32.4 Å². The Labute approximate surface area is 173 Å². The topological polar surface area (TPSA) is 61.5 Å². The van der Waals surface area contributed by atoms with Gasteiger partial charge >= 0.3 is 0 Å².